The highest BCUT2D eigenvalue weighted by atomic mass is 35.5. The molecule has 2 aromatic rings. The molecule has 0 aliphatic heterocycles. The minimum Gasteiger partial charge on any atom is -0.258 e. The Morgan fingerprint density at radius 1 is 1.50 bits per heavy atom. The normalized spacial score (nSPS) is 10.4. The maximum Gasteiger partial charge on any atom is 0.272 e. The van der Waals surface area contributed by atoms with Crippen LogP contribution in [-0.4, -0.2) is 14.7 Å². The smallest absolute Gasteiger partial charge is 0.258 e. The third-order valence-electron chi connectivity index (χ3n) is 1.94. The number of aromatic nitrogens is 2. The molecule has 0 saturated heterocycles. The maximum absolute atomic E-state index is 13.5. The van der Waals surface area contributed by atoms with E-state index in [0.717, 1.165) is 6.07 Å². The molecular formula is C9H5ClFN3O2. The van der Waals surface area contributed by atoms with E-state index in [4.69, 9.17) is 11.6 Å². The number of benzene rings is 1. The molecule has 0 N–H and O–H groups in total. The average Bonchev–Trinajstić information content (AvgIpc) is 2.64. The lowest BCUT2D eigenvalue weighted by Crippen LogP contribution is -1.99. The molecular weight excluding hydrogens is 237 g/mol. The second-order valence-electron chi connectivity index (χ2n) is 3.00. The van der Waals surface area contributed by atoms with Gasteiger partial charge in [-0.2, -0.15) is 5.10 Å². The highest BCUT2D eigenvalue weighted by Gasteiger charge is 2.12. The summed E-state index contributed by atoms with van der Waals surface area (Å²) in [4.78, 5) is 9.74. The van der Waals surface area contributed by atoms with Gasteiger partial charge in [0, 0.05) is 12.3 Å². The van der Waals surface area contributed by atoms with E-state index < -0.39 is 10.7 Å². The molecule has 16 heavy (non-hydrogen) atoms. The Morgan fingerprint density at radius 2 is 2.25 bits per heavy atom. The summed E-state index contributed by atoms with van der Waals surface area (Å²) in [5.41, 5.74) is -0.197. The van der Waals surface area contributed by atoms with Crippen LogP contribution < -0.4 is 0 Å². The predicted octanol–water partition coefficient (Wildman–Crippen LogP) is 2.57. The van der Waals surface area contributed by atoms with Gasteiger partial charge in [-0.3, -0.25) is 10.1 Å². The van der Waals surface area contributed by atoms with E-state index in [1.54, 1.807) is 0 Å². The average molecular weight is 242 g/mol. The largest absolute Gasteiger partial charge is 0.272 e. The Bertz CT molecular complexity index is 555. The van der Waals surface area contributed by atoms with Crippen LogP contribution in [0.3, 0.4) is 0 Å². The Morgan fingerprint density at radius 3 is 2.75 bits per heavy atom. The lowest BCUT2D eigenvalue weighted by Gasteiger charge is -2.02. The van der Waals surface area contributed by atoms with Gasteiger partial charge >= 0.3 is 0 Å². The van der Waals surface area contributed by atoms with E-state index in [2.05, 4.69) is 5.10 Å². The molecule has 0 aliphatic carbocycles. The van der Waals surface area contributed by atoms with Crippen molar-refractivity contribution in [3.63, 3.8) is 0 Å². The molecule has 0 radical (unpaired) electrons. The van der Waals surface area contributed by atoms with Gasteiger partial charge in [-0.25, -0.2) is 9.07 Å². The van der Waals surface area contributed by atoms with E-state index in [1.165, 1.54) is 29.2 Å². The number of hydrogen-bond donors (Lipinski definition) is 0. The van der Waals surface area contributed by atoms with Gasteiger partial charge in [0.25, 0.3) is 5.69 Å². The van der Waals surface area contributed by atoms with Crippen molar-refractivity contribution in [3.05, 3.63) is 51.5 Å². The summed E-state index contributed by atoms with van der Waals surface area (Å²) in [6.45, 7) is 0. The molecule has 0 fully saturated rings. The van der Waals surface area contributed by atoms with Gasteiger partial charge in [0.2, 0.25) is 0 Å². The fraction of sp³-hybridized carbons (Fsp3) is 0. The summed E-state index contributed by atoms with van der Waals surface area (Å²) in [5, 5.41) is 14.6. The molecule has 1 heterocycles. The number of halogens is 2. The van der Waals surface area contributed by atoms with Crippen molar-refractivity contribution in [2.24, 2.45) is 0 Å². The lowest BCUT2D eigenvalue weighted by atomic mass is 10.2. The van der Waals surface area contributed by atoms with E-state index in [0.29, 0.717) is 5.02 Å². The summed E-state index contributed by atoms with van der Waals surface area (Å²) < 4.78 is 14.7. The molecule has 0 spiro atoms. The van der Waals surface area contributed by atoms with Gasteiger partial charge in [0.05, 0.1) is 22.2 Å². The summed E-state index contributed by atoms with van der Waals surface area (Å²) in [5.74, 6) is -0.728. The molecule has 82 valence electrons. The van der Waals surface area contributed by atoms with E-state index in [-0.39, 0.29) is 11.4 Å². The molecule has 0 atom stereocenters. The highest BCUT2D eigenvalue weighted by Crippen LogP contribution is 2.20. The number of nitrogens with zero attached hydrogens (tertiary/aromatic N) is 3. The Balaban J connectivity index is 2.47. The standard InChI is InChI=1S/C9H5ClFN3O2/c10-6-4-12-13(5-6)9-2-1-7(14(15)16)3-8(9)11/h1-5H. The van der Waals surface area contributed by atoms with Gasteiger partial charge in [-0.05, 0) is 6.07 Å². The first kappa shape index (κ1) is 10.6. The van der Waals surface area contributed by atoms with Crippen LogP contribution in [-0.2, 0) is 0 Å². The minimum absolute atomic E-state index is 0.109. The van der Waals surface area contributed by atoms with Crippen molar-refractivity contribution >= 4 is 17.3 Å². The topological polar surface area (TPSA) is 61.0 Å². The Kier molecular flexibility index (Phi) is 2.57. The molecule has 2 rings (SSSR count). The van der Waals surface area contributed by atoms with Crippen LogP contribution in [0.15, 0.2) is 30.6 Å². The number of nitro groups is 1. The van der Waals surface area contributed by atoms with E-state index >= 15 is 0 Å². The molecule has 1 aromatic carbocycles. The van der Waals surface area contributed by atoms with Crippen molar-refractivity contribution in [3.8, 4) is 5.69 Å². The number of rotatable bonds is 2. The lowest BCUT2D eigenvalue weighted by molar-refractivity contribution is -0.385. The first-order valence-corrected chi connectivity index (χ1v) is 4.60. The Hall–Kier alpha value is -1.95. The van der Waals surface area contributed by atoms with Crippen LogP contribution in [0.4, 0.5) is 10.1 Å². The fourth-order valence-electron chi connectivity index (χ4n) is 1.23. The zero-order chi connectivity index (χ0) is 11.7. The predicted molar refractivity (Wildman–Crippen MR) is 55.2 cm³/mol. The third-order valence-corrected chi connectivity index (χ3v) is 2.14. The first-order chi connectivity index (χ1) is 7.58. The van der Waals surface area contributed by atoms with Crippen LogP contribution >= 0.6 is 11.6 Å². The van der Waals surface area contributed by atoms with Gasteiger partial charge in [-0.15, -0.1) is 0 Å². The summed E-state index contributed by atoms with van der Waals surface area (Å²) in [7, 11) is 0. The van der Waals surface area contributed by atoms with Gasteiger partial charge < -0.3 is 0 Å². The molecule has 0 amide bonds. The van der Waals surface area contributed by atoms with Gasteiger partial charge in [0.15, 0.2) is 5.82 Å². The second kappa shape index (κ2) is 3.90. The molecule has 1 aromatic heterocycles. The van der Waals surface area contributed by atoms with Crippen LogP contribution in [0.2, 0.25) is 5.02 Å². The summed E-state index contributed by atoms with van der Waals surface area (Å²) in [6.07, 6.45) is 2.76. The fourth-order valence-corrected chi connectivity index (χ4v) is 1.36. The van der Waals surface area contributed by atoms with Crippen LogP contribution in [0.1, 0.15) is 0 Å². The molecule has 0 aliphatic rings. The van der Waals surface area contributed by atoms with Crippen LogP contribution in [0.5, 0.6) is 0 Å². The third kappa shape index (κ3) is 1.87. The van der Waals surface area contributed by atoms with Gasteiger partial charge in [-0.1, -0.05) is 11.6 Å². The molecule has 5 nitrogen and oxygen atoms in total. The SMILES string of the molecule is O=[N+]([O-])c1ccc(-n2cc(Cl)cn2)c(F)c1. The number of nitro benzene ring substituents is 1. The monoisotopic (exact) mass is 241 g/mol. The quantitative estimate of drug-likeness (QED) is 0.600. The molecule has 0 saturated carbocycles. The number of hydrogen-bond acceptors (Lipinski definition) is 3. The zero-order valence-electron chi connectivity index (χ0n) is 7.80. The molecule has 7 heteroatoms. The van der Waals surface area contributed by atoms with Crippen molar-refractivity contribution in [1.29, 1.82) is 0 Å². The maximum atomic E-state index is 13.5. The summed E-state index contributed by atoms with van der Waals surface area (Å²) in [6, 6.07) is 3.32. The first-order valence-electron chi connectivity index (χ1n) is 4.22. The van der Waals surface area contributed by atoms with Crippen molar-refractivity contribution in [2.75, 3.05) is 0 Å². The van der Waals surface area contributed by atoms with Crippen molar-refractivity contribution < 1.29 is 9.31 Å². The van der Waals surface area contributed by atoms with E-state index in [9.17, 15) is 14.5 Å². The van der Waals surface area contributed by atoms with Gasteiger partial charge in [0.1, 0.15) is 5.69 Å². The minimum atomic E-state index is -0.728. The Labute approximate surface area is 94.2 Å². The zero-order valence-corrected chi connectivity index (χ0v) is 8.56. The van der Waals surface area contributed by atoms with Crippen molar-refractivity contribution in [1.82, 2.24) is 9.78 Å². The molecule has 0 bridgehead atoms. The molecule has 0 unspecified atom stereocenters. The van der Waals surface area contributed by atoms with Crippen LogP contribution in [0.25, 0.3) is 5.69 Å². The summed E-state index contributed by atoms with van der Waals surface area (Å²) >= 11 is 5.63. The van der Waals surface area contributed by atoms with Crippen LogP contribution in [0, 0.1) is 15.9 Å². The second-order valence-corrected chi connectivity index (χ2v) is 3.43. The van der Waals surface area contributed by atoms with Crippen molar-refractivity contribution in [2.45, 2.75) is 0 Å². The van der Waals surface area contributed by atoms with E-state index in [1.807, 2.05) is 0 Å². The highest BCUT2D eigenvalue weighted by molar-refractivity contribution is 6.30. The number of non-ortho nitro benzene ring substituents is 1.